The summed E-state index contributed by atoms with van der Waals surface area (Å²) < 4.78 is 7.73. The summed E-state index contributed by atoms with van der Waals surface area (Å²) in [5, 5.41) is 1.22. The standard InChI is InChI=1S/C15H16N2O/c1-10-3-4-11-8-14(17(2)13(11)7-10)15-12(9-16)5-6-18-15/h3-8H,9,16H2,1-2H3. The predicted molar refractivity (Wildman–Crippen MR) is 73.2 cm³/mol. The third-order valence-corrected chi connectivity index (χ3v) is 3.40. The Morgan fingerprint density at radius 1 is 1.22 bits per heavy atom. The van der Waals surface area contributed by atoms with E-state index in [2.05, 4.69) is 42.8 Å². The van der Waals surface area contributed by atoms with Crippen molar-refractivity contribution in [3.8, 4) is 11.5 Å². The van der Waals surface area contributed by atoms with E-state index in [4.69, 9.17) is 10.2 Å². The van der Waals surface area contributed by atoms with Crippen molar-refractivity contribution in [3.05, 3.63) is 47.7 Å². The molecule has 0 spiro atoms. The summed E-state index contributed by atoms with van der Waals surface area (Å²) >= 11 is 0. The van der Waals surface area contributed by atoms with Gasteiger partial charge in [0.2, 0.25) is 0 Å². The molecule has 0 unspecified atom stereocenters. The maximum absolute atomic E-state index is 5.73. The van der Waals surface area contributed by atoms with E-state index in [0.717, 1.165) is 17.0 Å². The molecule has 3 aromatic rings. The summed E-state index contributed by atoms with van der Waals surface area (Å²) in [7, 11) is 2.06. The quantitative estimate of drug-likeness (QED) is 0.747. The fourth-order valence-electron chi connectivity index (χ4n) is 2.38. The Bertz CT molecular complexity index is 706. The minimum absolute atomic E-state index is 0.492. The highest BCUT2D eigenvalue weighted by atomic mass is 16.3. The van der Waals surface area contributed by atoms with Crippen molar-refractivity contribution >= 4 is 10.9 Å². The van der Waals surface area contributed by atoms with Crippen LogP contribution in [0.1, 0.15) is 11.1 Å². The number of fused-ring (bicyclic) bond motifs is 1. The summed E-state index contributed by atoms with van der Waals surface area (Å²) in [6.07, 6.45) is 1.69. The summed E-state index contributed by atoms with van der Waals surface area (Å²) in [5.74, 6) is 0.869. The monoisotopic (exact) mass is 240 g/mol. The molecule has 2 heterocycles. The van der Waals surface area contributed by atoms with Gasteiger partial charge in [-0.1, -0.05) is 12.1 Å². The van der Waals surface area contributed by atoms with Crippen LogP contribution >= 0.6 is 0 Å². The number of benzene rings is 1. The molecule has 0 atom stereocenters. The van der Waals surface area contributed by atoms with Gasteiger partial charge < -0.3 is 14.7 Å². The van der Waals surface area contributed by atoms with E-state index in [9.17, 15) is 0 Å². The van der Waals surface area contributed by atoms with E-state index in [0.29, 0.717) is 6.54 Å². The molecule has 3 nitrogen and oxygen atoms in total. The second kappa shape index (κ2) is 4.03. The topological polar surface area (TPSA) is 44.1 Å². The fourth-order valence-corrected chi connectivity index (χ4v) is 2.38. The maximum Gasteiger partial charge on any atom is 0.154 e. The third kappa shape index (κ3) is 1.56. The molecular weight excluding hydrogens is 224 g/mol. The summed E-state index contributed by atoms with van der Waals surface area (Å²) in [6.45, 7) is 2.59. The molecule has 18 heavy (non-hydrogen) atoms. The second-order valence-electron chi connectivity index (χ2n) is 4.63. The lowest BCUT2D eigenvalue weighted by Crippen LogP contribution is -1.98. The Kier molecular flexibility index (Phi) is 2.49. The number of furan rings is 1. The molecule has 0 aliphatic rings. The van der Waals surface area contributed by atoms with Crippen LogP contribution in [0, 0.1) is 6.92 Å². The van der Waals surface area contributed by atoms with Crippen LogP contribution in [-0.4, -0.2) is 4.57 Å². The molecule has 0 saturated carbocycles. The zero-order chi connectivity index (χ0) is 12.7. The first-order chi connectivity index (χ1) is 8.70. The molecule has 0 bridgehead atoms. The van der Waals surface area contributed by atoms with Crippen molar-refractivity contribution in [2.24, 2.45) is 12.8 Å². The van der Waals surface area contributed by atoms with Gasteiger partial charge in [-0.3, -0.25) is 0 Å². The van der Waals surface area contributed by atoms with Crippen LogP contribution < -0.4 is 5.73 Å². The van der Waals surface area contributed by atoms with Gasteiger partial charge in [-0.15, -0.1) is 0 Å². The Labute approximate surface area is 106 Å². The maximum atomic E-state index is 5.73. The lowest BCUT2D eigenvalue weighted by molar-refractivity contribution is 0.574. The van der Waals surface area contributed by atoms with Gasteiger partial charge in [-0.05, 0) is 30.7 Å². The molecule has 3 heteroatoms. The minimum Gasteiger partial charge on any atom is -0.462 e. The van der Waals surface area contributed by atoms with Gasteiger partial charge in [-0.2, -0.15) is 0 Å². The Morgan fingerprint density at radius 2 is 2.06 bits per heavy atom. The van der Waals surface area contributed by atoms with Crippen LogP contribution in [0.4, 0.5) is 0 Å². The van der Waals surface area contributed by atoms with Gasteiger partial charge in [-0.25, -0.2) is 0 Å². The zero-order valence-corrected chi connectivity index (χ0v) is 10.6. The Balaban J connectivity index is 2.27. The van der Waals surface area contributed by atoms with Crippen molar-refractivity contribution in [3.63, 3.8) is 0 Å². The van der Waals surface area contributed by atoms with E-state index in [-0.39, 0.29) is 0 Å². The molecule has 0 radical (unpaired) electrons. The lowest BCUT2D eigenvalue weighted by Gasteiger charge is -2.03. The molecule has 0 fully saturated rings. The van der Waals surface area contributed by atoms with Crippen molar-refractivity contribution in [2.45, 2.75) is 13.5 Å². The smallest absolute Gasteiger partial charge is 0.154 e. The van der Waals surface area contributed by atoms with Crippen molar-refractivity contribution in [1.29, 1.82) is 0 Å². The van der Waals surface area contributed by atoms with E-state index < -0.39 is 0 Å². The van der Waals surface area contributed by atoms with E-state index >= 15 is 0 Å². The Morgan fingerprint density at radius 3 is 2.83 bits per heavy atom. The second-order valence-corrected chi connectivity index (χ2v) is 4.63. The summed E-state index contributed by atoms with van der Waals surface area (Å²) in [6, 6.07) is 10.5. The zero-order valence-electron chi connectivity index (χ0n) is 10.6. The van der Waals surface area contributed by atoms with Gasteiger partial charge in [0.1, 0.15) is 0 Å². The largest absolute Gasteiger partial charge is 0.462 e. The van der Waals surface area contributed by atoms with Gasteiger partial charge >= 0.3 is 0 Å². The number of aryl methyl sites for hydroxylation is 2. The summed E-state index contributed by atoms with van der Waals surface area (Å²) in [4.78, 5) is 0. The van der Waals surface area contributed by atoms with Crippen LogP contribution in [0.25, 0.3) is 22.4 Å². The number of aromatic nitrogens is 1. The molecule has 2 N–H and O–H groups in total. The average Bonchev–Trinajstić information content (AvgIpc) is 2.94. The summed E-state index contributed by atoms with van der Waals surface area (Å²) in [5.41, 5.74) is 10.3. The predicted octanol–water partition coefficient (Wildman–Crippen LogP) is 3.21. The SMILES string of the molecule is Cc1ccc2cc(-c3occc3CN)n(C)c2c1. The van der Waals surface area contributed by atoms with Crippen molar-refractivity contribution < 1.29 is 4.42 Å². The normalized spacial score (nSPS) is 11.3. The number of nitrogens with zero attached hydrogens (tertiary/aromatic N) is 1. The van der Waals surface area contributed by atoms with Crippen LogP contribution in [0.5, 0.6) is 0 Å². The highest BCUT2D eigenvalue weighted by Gasteiger charge is 2.13. The number of hydrogen-bond acceptors (Lipinski definition) is 2. The fraction of sp³-hybridized carbons (Fsp3) is 0.200. The first-order valence-electron chi connectivity index (χ1n) is 6.03. The van der Waals surface area contributed by atoms with Gasteiger partial charge in [0.15, 0.2) is 5.76 Å². The van der Waals surface area contributed by atoms with E-state index in [1.165, 1.54) is 16.5 Å². The first kappa shape index (κ1) is 11.1. The van der Waals surface area contributed by atoms with Gasteiger partial charge in [0, 0.05) is 30.1 Å². The van der Waals surface area contributed by atoms with E-state index in [1.54, 1.807) is 6.26 Å². The Hall–Kier alpha value is -2.00. The van der Waals surface area contributed by atoms with Crippen LogP contribution in [0.15, 0.2) is 41.0 Å². The third-order valence-electron chi connectivity index (χ3n) is 3.40. The van der Waals surface area contributed by atoms with Crippen molar-refractivity contribution in [1.82, 2.24) is 4.57 Å². The first-order valence-corrected chi connectivity index (χ1v) is 6.03. The highest BCUT2D eigenvalue weighted by Crippen LogP contribution is 2.30. The molecule has 1 aromatic carbocycles. The van der Waals surface area contributed by atoms with Crippen LogP contribution in [-0.2, 0) is 13.6 Å². The van der Waals surface area contributed by atoms with Gasteiger partial charge in [0.25, 0.3) is 0 Å². The van der Waals surface area contributed by atoms with E-state index in [1.807, 2.05) is 6.07 Å². The lowest BCUT2D eigenvalue weighted by atomic mass is 10.1. The molecule has 0 aliphatic heterocycles. The number of hydrogen-bond donors (Lipinski definition) is 1. The molecule has 92 valence electrons. The molecule has 0 aliphatic carbocycles. The van der Waals surface area contributed by atoms with Crippen LogP contribution in [0.2, 0.25) is 0 Å². The molecule has 3 rings (SSSR count). The number of rotatable bonds is 2. The average molecular weight is 240 g/mol. The minimum atomic E-state index is 0.492. The van der Waals surface area contributed by atoms with Crippen LogP contribution in [0.3, 0.4) is 0 Å². The molecule has 0 saturated heterocycles. The molecule has 2 aromatic heterocycles. The number of nitrogens with two attached hydrogens (primary N) is 1. The molecular formula is C15H16N2O. The van der Waals surface area contributed by atoms with Crippen molar-refractivity contribution in [2.75, 3.05) is 0 Å². The molecule has 0 amide bonds. The highest BCUT2D eigenvalue weighted by molar-refractivity contribution is 5.87. The van der Waals surface area contributed by atoms with Gasteiger partial charge in [0.05, 0.1) is 12.0 Å².